The number of benzene rings is 1. The highest BCUT2D eigenvalue weighted by atomic mass is 16.3. The molecular weight excluding hydrogens is 236 g/mol. The minimum atomic E-state index is 0.192. The van der Waals surface area contributed by atoms with E-state index in [-0.39, 0.29) is 12.6 Å². The molecule has 1 N–H and O–H groups in total. The van der Waals surface area contributed by atoms with Crippen LogP contribution in [0.3, 0.4) is 0 Å². The summed E-state index contributed by atoms with van der Waals surface area (Å²) < 4.78 is 0. The number of hydrogen-bond donors (Lipinski definition) is 1. The Bertz CT molecular complexity index is 433. The Hall–Kier alpha value is -1.06. The SMILES string of the molecule is Cc1ccc(N2CCC(C)N(C)CC2CO)cc1C. The van der Waals surface area contributed by atoms with Crippen molar-refractivity contribution in [1.82, 2.24) is 4.90 Å². The normalized spacial score (nSPS) is 25.4. The van der Waals surface area contributed by atoms with Gasteiger partial charge in [-0.2, -0.15) is 0 Å². The lowest BCUT2D eigenvalue weighted by molar-refractivity contribution is 0.206. The molecule has 1 aliphatic rings. The smallest absolute Gasteiger partial charge is 0.0647 e. The summed E-state index contributed by atoms with van der Waals surface area (Å²) in [6.45, 7) is 8.70. The molecule has 2 atom stereocenters. The highest BCUT2D eigenvalue weighted by Gasteiger charge is 2.26. The van der Waals surface area contributed by atoms with Crippen molar-refractivity contribution in [3.05, 3.63) is 29.3 Å². The van der Waals surface area contributed by atoms with Crippen LogP contribution in [0.2, 0.25) is 0 Å². The number of hydrogen-bond acceptors (Lipinski definition) is 3. The highest BCUT2D eigenvalue weighted by Crippen LogP contribution is 2.24. The number of aliphatic hydroxyl groups excluding tert-OH is 1. The van der Waals surface area contributed by atoms with Crippen molar-refractivity contribution >= 4 is 5.69 Å². The van der Waals surface area contributed by atoms with Gasteiger partial charge in [-0.25, -0.2) is 0 Å². The molecule has 19 heavy (non-hydrogen) atoms. The molecular formula is C16H26N2O. The highest BCUT2D eigenvalue weighted by molar-refractivity contribution is 5.51. The monoisotopic (exact) mass is 262 g/mol. The Kier molecular flexibility index (Phi) is 4.48. The molecule has 1 aromatic carbocycles. The van der Waals surface area contributed by atoms with Crippen LogP contribution in [0.4, 0.5) is 5.69 Å². The first-order valence-electron chi connectivity index (χ1n) is 7.18. The predicted molar refractivity (Wildman–Crippen MR) is 80.8 cm³/mol. The molecule has 0 spiro atoms. The lowest BCUT2D eigenvalue weighted by Gasteiger charge is -2.32. The van der Waals surface area contributed by atoms with Crippen LogP contribution >= 0.6 is 0 Å². The van der Waals surface area contributed by atoms with Gasteiger partial charge in [-0.05, 0) is 57.5 Å². The Balaban J connectivity index is 2.27. The van der Waals surface area contributed by atoms with E-state index in [9.17, 15) is 5.11 Å². The van der Waals surface area contributed by atoms with Crippen molar-refractivity contribution in [3.8, 4) is 0 Å². The van der Waals surface area contributed by atoms with Gasteiger partial charge < -0.3 is 14.9 Å². The lowest BCUT2D eigenvalue weighted by atomic mass is 10.1. The molecule has 2 rings (SSSR count). The zero-order chi connectivity index (χ0) is 14.0. The third-order valence-electron chi connectivity index (χ3n) is 4.51. The molecule has 1 heterocycles. The number of anilines is 1. The summed E-state index contributed by atoms with van der Waals surface area (Å²) in [6, 6.07) is 7.37. The van der Waals surface area contributed by atoms with E-state index in [1.165, 1.54) is 16.8 Å². The molecule has 0 radical (unpaired) electrons. The van der Waals surface area contributed by atoms with Crippen LogP contribution in [0.5, 0.6) is 0 Å². The molecule has 1 fully saturated rings. The van der Waals surface area contributed by atoms with Gasteiger partial charge in [0.25, 0.3) is 0 Å². The van der Waals surface area contributed by atoms with Crippen LogP contribution in [0.25, 0.3) is 0 Å². The molecule has 3 nitrogen and oxygen atoms in total. The van der Waals surface area contributed by atoms with Gasteiger partial charge in [0.1, 0.15) is 0 Å². The van der Waals surface area contributed by atoms with E-state index in [1.54, 1.807) is 0 Å². The number of likely N-dealkylation sites (N-methyl/N-ethyl adjacent to an activating group) is 1. The first-order chi connectivity index (χ1) is 9.02. The molecule has 1 aromatic rings. The average Bonchev–Trinajstić information content (AvgIpc) is 2.53. The maximum absolute atomic E-state index is 9.71. The van der Waals surface area contributed by atoms with E-state index in [0.717, 1.165) is 19.5 Å². The number of aryl methyl sites for hydroxylation is 2. The van der Waals surface area contributed by atoms with E-state index in [2.05, 4.69) is 55.8 Å². The van der Waals surface area contributed by atoms with Crippen LogP contribution < -0.4 is 4.90 Å². The first-order valence-corrected chi connectivity index (χ1v) is 7.18. The topological polar surface area (TPSA) is 26.7 Å². The second-order valence-electron chi connectivity index (χ2n) is 5.88. The maximum Gasteiger partial charge on any atom is 0.0647 e. The Morgan fingerprint density at radius 3 is 2.63 bits per heavy atom. The third kappa shape index (κ3) is 3.10. The van der Waals surface area contributed by atoms with Crippen LogP contribution in [0.1, 0.15) is 24.5 Å². The van der Waals surface area contributed by atoms with Gasteiger partial charge in [0.2, 0.25) is 0 Å². The molecule has 0 aliphatic carbocycles. The Morgan fingerprint density at radius 1 is 1.26 bits per heavy atom. The van der Waals surface area contributed by atoms with Gasteiger partial charge in [-0.1, -0.05) is 6.07 Å². The van der Waals surface area contributed by atoms with Gasteiger partial charge in [-0.15, -0.1) is 0 Å². The second-order valence-corrected chi connectivity index (χ2v) is 5.88. The third-order valence-corrected chi connectivity index (χ3v) is 4.51. The molecule has 2 unspecified atom stereocenters. The number of aliphatic hydroxyl groups is 1. The van der Waals surface area contributed by atoms with Gasteiger partial charge >= 0.3 is 0 Å². The summed E-state index contributed by atoms with van der Waals surface area (Å²) in [5.74, 6) is 0. The average molecular weight is 262 g/mol. The van der Waals surface area contributed by atoms with Crippen LogP contribution in [-0.4, -0.2) is 48.8 Å². The first kappa shape index (κ1) is 14.4. The molecule has 3 heteroatoms. The van der Waals surface area contributed by atoms with Gasteiger partial charge in [0.05, 0.1) is 12.6 Å². The van der Waals surface area contributed by atoms with Crippen molar-refractivity contribution < 1.29 is 5.11 Å². The maximum atomic E-state index is 9.71. The van der Waals surface area contributed by atoms with Crippen LogP contribution in [0, 0.1) is 13.8 Å². The zero-order valence-electron chi connectivity index (χ0n) is 12.6. The molecule has 0 saturated carbocycles. The van der Waals surface area contributed by atoms with Crippen LogP contribution in [-0.2, 0) is 0 Å². The van der Waals surface area contributed by atoms with E-state index < -0.39 is 0 Å². The molecule has 106 valence electrons. The fourth-order valence-corrected chi connectivity index (χ4v) is 2.74. The minimum absolute atomic E-state index is 0.192. The Morgan fingerprint density at radius 2 is 2.00 bits per heavy atom. The van der Waals surface area contributed by atoms with Crippen molar-refractivity contribution in [1.29, 1.82) is 0 Å². The van der Waals surface area contributed by atoms with E-state index in [4.69, 9.17) is 0 Å². The molecule has 0 amide bonds. The minimum Gasteiger partial charge on any atom is -0.394 e. The Labute approximate surface area is 116 Å². The van der Waals surface area contributed by atoms with Gasteiger partial charge in [0, 0.05) is 24.8 Å². The van der Waals surface area contributed by atoms with Gasteiger partial charge in [-0.3, -0.25) is 0 Å². The largest absolute Gasteiger partial charge is 0.394 e. The zero-order valence-corrected chi connectivity index (χ0v) is 12.6. The summed E-state index contributed by atoms with van der Waals surface area (Å²) in [5.41, 5.74) is 3.88. The summed E-state index contributed by atoms with van der Waals surface area (Å²) >= 11 is 0. The summed E-state index contributed by atoms with van der Waals surface area (Å²) in [6.07, 6.45) is 1.14. The molecule has 0 aromatic heterocycles. The van der Waals surface area contributed by atoms with Crippen molar-refractivity contribution in [2.24, 2.45) is 0 Å². The second kappa shape index (κ2) is 5.93. The lowest BCUT2D eigenvalue weighted by Crippen LogP contribution is -2.43. The fraction of sp³-hybridized carbons (Fsp3) is 0.625. The summed E-state index contributed by atoms with van der Waals surface area (Å²) in [5, 5.41) is 9.71. The van der Waals surface area contributed by atoms with Crippen molar-refractivity contribution in [3.63, 3.8) is 0 Å². The van der Waals surface area contributed by atoms with E-state index in [1.807, 2.05) is 0 Å². The summed E-state index contributed by atoms with van der Waals surface area (Å²) in [4.78, 5) is 4.72. The van der Waals surface area contributed by atoms with E-state index >= 15 is 0 Å². The van der Waals surface area contributed by atoms with Crippen molar-refractivity contribution in [2.75, 3.05) is 31.6 Å². The quantitative estimate of drug-likeness (QED) is 0.885. The summed E-state index contributed by atoms with van der Waals surface area (Å²) in [7, 11) is 2.15. The van der Waals surface area contributed by atoms with E-state index in [0.29, 0.717) is 6.04 Å². The molecule has 1 saturated heterocycles. The van der Waals surface area contributed by atoms with Gasteiger partial charge in [0.15, 0.2) is 0 Å². The molecule has 0 bridgehead atoms. The standard InChI is InChI=1S/C16H26N2O/c1-12-5-6-15(9-13(12)2)18-8-7-14(3)17(4)10-16(18)11-19/h5-6,9,14,16,19H,7-8,10-11H2,1-4H3. The number of nitrogens with zero attached hydrogens (tertiary/aromatic N) is 2. The van der Waals surface area contributed by atoms with Crippen LogP contribution in [0.15, 0.2) is 18.2 Å². The fourth-order valence-electron chi connectivity index (χ4n) is 2.74. The predicted octanol–water partition coefficient (Wildman–Crippen LogP) is 2.19. The molecule has 1 aliphatic heterocycles. The number of rotatable bonds is 2. The van der Waals surface area contributed by atoms with Crippen molar-refractivity contribution in [2.45, 2.75) is 39.3 Å².